The molecule has 1 aromatic carbocycles. The molecule has 0 unspecified atom stereocenters. The molecule has 23 heavy (non-hydrogen) atoms. The van der Waals surface area contributed by atoms with Gasteiger partial charge < -0.3 is 10.1 Å². The molecule has 0 aliphatic heterocycles. The average molecular weight is 312 g/mol. The summed E-state index contributed by atoms with van der Waals surface area (Å²) in [7, 11) is 1.67. The number of benzene rings is 1. The Morgan fingerprint density at radius 3 is 2.74 bits per heavy atom. The summed E-state index contributed by atoms with van der Waals surface area (Å²) in [6, 6.07) is 10.1. The van der Waals surface area contributed by atoms with Crippen molar-refractivity contribution in [1.82, 2.24) is 25.0 Å². The van der Waals surface area contributed by atoms with Crippen molar-refractivity contribution >= 4 is 17.0 Å². The van der Waals surface area contributed by atoms with Crippen LogP contribution in [0.25, 0.3) is 11.2 Å². The molecule has 0 fully saturated rings. The fourth-order valence-electron chi connectivity index (χ4n) is 2.32. The van der Waals surface area contributed by atoms with Crippen molar-refractivity contribution in [2.75, 3.05) is 25.6 Å². The zero-order valence-corrected chi connectivity index (χ0v) is 13.4. The van der Waals surface area contributed by atoms with E-state index in [1.807, 2.05) is 29.8 Å². The number of anilines is 1. The fourth-order valence-corrected chi connectivity index (χ4v) is 2.32. The molecule has 7 nitrogen and oxygen atoms in total. The first-order valence-corrected chi connectivity index (χ1v) is 7.68. The van der Waals surface area contributed by atoms with Crippen LogP contribution in [0.3, 0.4) is 0 Å². The van der Waals surface area contributed by atoms with Gasteiger partial charge in [-0.2, -0.15) is 0 Å². The lowest BCUT2D eigenvalue weighted by atomic mass is 10.2. The third kappa shape index (κ3) is 3.45. The molecule has 0 atom stereocenters. The molecular weight excluding hydrogens is 292 g/mol. The van der Waals surface area contributed by atoms with Gasteiger partial charge in [-0.25, -0.2) is 14.6 Å². The predicted octanol–water partition coefficient (Wildman–Crippen LogP) is 1.89. The van der Waals surface area contributed by atoms with E-state index in [2.05, 4.69) is 37.7 Å². The molecule has 0 amide bonds. The van der Waals surface area contributed by atoms with Gasteiger partial charge in [-0.1, -0.05) is 42.5 Å². The Labute approximate surface area is 134 Å². The summed E-state index contributed by atoms with van der Waals surface area (Å²) in [4.78, 5) is 9.11. The number of aryl methyl sites for hydroxylation is 1. The van der Waals surface area contributed by atoms with Gasteiger partial charge in [0.25, 0.3) is 0 Å². The van der Waals surface area contributed by atoms with Crippen molar-refractivity contribution in [3.05, 3.63) is 41.7 Å². The molecule has 0 saturated carbocycles. The first kappa shape index (κ1) is 15.4. The van der Waals surface area contributed by atoms with Crippen molar-refractivity contribution in [2.24, 2.45) is 0 Å². The Bertz CT molecular complexity index is 771. The summed E-state index contributed by atoms with van der Waals surface area (Å²) in [6.07, 6.45) is 0.755. The molecule has 0 saturated heterocycles. The summed E-state index contributed by atoms with van der Waals surface area (Å²) in [6.45, 7) is 3.93. The van der Waals surface area contributed by atoms with Crippen molar-refractivity contribution in [2.45, 2.75) is 19.9 Å². The Morgan fingerprint density at radius 2 is 2.00 bits per heavy atom. The van der Waals surface area contributed by atoms with Crippen molar-refractivity contribution < 1.29 is 4.74 Å². The third-order valence-electron chi connectivity index (χ3n) is 3.50. The molecule has 2 heterocycles. The van der Waals surface area contributed by atoms with E-state index in [9.17, 15) is 0 Å². The van der Waals surface area contributed by atoms with Crippen LogP contribution < -0.4 is 5.32 Å². The topological polar surface area (TPSA) is 77.8 Å². The Hall–Kier alpha value is -2.54. The van der Waals surface area contributed by atoms with Crippen LogP contribution in [0.15, 0.2) is 30.3 Å². The van der Waals surface area contributed by atoms with Crippen LogP contribution in [0.5, 0.6) is 0 Å². The smallest absolute Gasteiger partial charge is 0.184 e. The molecular formula is C16H20N6O. The van der Waals surface area contributed by atoms with Gasteiger partial charge in [0.05, 0.1) is 13.2 Å². The standard InChI is InChI=1S/C16H20N6O/c1-3-13-18-15(17-9-10-23-2)14-16(19-13)22(21-20-14)11-12-7-5-4-6-8-12/h4-8H,3,9-11H2,1-2H3,(H,17,18,19). The molecule has 1 N–H and O–H groups in total. The number of hydrogen-bond acceptors (Lipinski definition) is 6. The number of aromatic nitrogens is 5. The summed E-state index contributed by atoms with van der Waals surface area (Å²) >= 11 is 0. The maximum Gasteiger partial charge on any atom is 0.184 e. The van der Waals surface area contributed by atoms with Gasteiger partial charge in [-0.3, -0.25) is 0 Å². The maximum absolute atomic E-state index is 5.07. The second-order valence-electron chi connectivity index (χ2n) is 5.17. The minimum Gasteiger partial charge on any atom is -0.383 e. The van der Waals surface area contributed by atoms with Crippen LogP contribution in [0, 0.1) is 0 Å². The van der Waals surface area contributed by atoms with Crippen molar-refractivity contribution in [3.63, 3.8) is 0 Å². The van der Waals surface area contributed by atoms with Crippen LogP contribution in [0.1, 0.15) is 18.3 Å². The molecule has 3 rings (SSSR count). The highest BCUT2D eigenvalue weighted by Crippen LogP contribution is 2.18. The van der Waals surface area contributed by atoms with Crippen LogP contribution >= 0.6 is 0 Å². The summed E-state index contributed by atoms with van der Waals surface area (Å²) in [5.41, 5.74) is 2.60. The number of hydrogen-bond donors (Lipinski definition) is 1. The molecule has 0 aliphatic carbocycles. The van der Waals surface area contributed by atoms with Crippen LogP contribution in [0.2, 0.25) is 0 Å². The van der Waals surface area contributed by atoms with E-state index in [4.69, 9.17) is 4.74 Å². The first-order chi connectivity index (χ1) is 11.3. The van der Waals surface area contributed by atoms with E-state index in [-0.39, 0.29) is 0 Å². The highest BCUT2D eigenvalue weighted by atomic mass is 16.5. The number of rotatable bonds is 7. The van der Waals surface area contributed by atoms with E-state index in [0.717, 1.165) is 23.5 Å². The second kappa shape index (κ2) is 7.15. The molecule has 0 aliphatic rings. The van der Waals surface area contributed by atoms with Gasteiger partial charge in [0, 0.05) is 20.1 Å². The SMILES string of the molecule is CCc1nc(NCCOC)c2nnn(Cc3ccccc3)c2n1. The maximum atomic E-state index is 5.07. The second-order valence-corrected chi connectivity index (χ2v) is 5.17. The molecule has 0 spiro atoms. The van der Waals surface area contributed by atoms with E-state index < -0.39 is 0 Å². The summed E-state index contributed by atoms with van der Waals surface area (Å²) in [5.74, 6) is 1.48. The minimum atomic E-state index is 0.602. The highest BCUT2D eigenvalue weighted by molar-refractivity contribution is 5.82. The van der Waals surface area contributed by atoms with E-state index in [1.165, 1.54) is 0 Å². The lowest BCUT2D eigenvalue weighted by Crippen LogP contribution is -2.11. The highest BCUT2D eigenvalue weighted by Gasteiger charge is 2.14. The minimum absolute atomic E-state index is 0.602. The molecule has 2 aromatic heterocycles. The normalized spacial score (nSPS) is 11.0. The number of nitrogens with one attached hydrogen (secondary N) is 1. The lowest BCUT2D eigenvalue weighted by molar-refractivity contribution is 0.210. The van der Waals surface area contributed by atoms with Gasteiger partial charge in [0.2, 0.25) is 0 Å². The predicted molar refractivity (Wildman–Crippen MR) is 88.4 cm³/mol. The third-order valence-corrected chi connectivity index (χ3v) is 3.50. The first-order valence-electron chi connectivity index (χ1n) is 7.68. The number of methoxy groups -OCH3 is 1. The van der Waals surface area contributed by atoms with Crippen molar-refractivity contribution in [3.8, 4) is 0 Å². The molecule has 0 radical (unpaired) electrons. The quantitative estimate of drug-likeness (QED) is 0.671. The molecule has 120 valence electrons. The van der Waals surface area contributed by atoms with Crippen LogP contribution in [-0.2, 0) is 17.7 Å². The Morgan fingerprint density at radius 1 is 1.17 bits per heavy atom. The summed E-state index contributed by atoms with van der Waals surface area (Å²) in [5, 5.41) is 11.7. The number of ether oxygens (including phenoxy) is 1. The Kier molecular flexibility index (Phi) is 4.77. The molecule has 7 heteroatoms. The zero-order valence-electron chi connectivity index (χ0n) is 13.4. The summed E-state index contributed by atoms with van der Waals surface area (Å²) < 4.78 is 6.88. The van der Waals surface area contributed by atoms with E-state index in [0.29, 0.717) is 31.0 Å². The van der Waals surface area contributed by atoms with Gasteiger partial charge in [0.1, 0.15) is 5.82 Å². The molecule has 3 aromatic rings. The van der Waals surface area contributed by atoms with Gasteiger partial charge in [-0.05, 0) is 5.56 Å². The van der Waals surface area contributed by atoms with Gasteiger partial charge >= 0.3 is 0 Å². The monoisotopic (exact) mass is 312 g/mol. The fraction of sp³-hybridized carbons (Fsp3) is 0.375. The Balaban J connectivity index is 1.95. The van der Waals surface area contributed by atoms with Crippen molar-refractivity contribution in [1.29, 1.82) is 0 Å². The number of fused-ring (bicyclic) bond motifs is 1. The zero-order chi connectivity index (χ0) is 16.1. The van der Waals surface area contributed by atoms with Crippen LogP contribution in [0.4, 0.5) is 5.82 Å². The van der Waals surface area contributed by atoms with Gasteiger partial charge in [-0.15, -0.1) is 5.10 Å². The van der Waals surface area contributed by atoms with Crippen LogP contribution in [-0.4, -0.2) is 45.2 Å². The molecule has 0 bridgehead atoms. The average Bonchev–Trinajstić information content (AvgIpc) is 2.99. The largest absolute Gasteiger partial charge is 0.383 e. The lowest BCUT2D eigenvalue weighted by Gasteiger charge is -2.07. The van der Waals surface area contributed by atoms with E-state index >= 15 is 0 Å². The van der Waals surface area contributed by atoms with E-state index in [1.54, 1.807) is 7.11 Å². The number of nitrogens with zero attached hydrogens (tertiary/aromatic N) is 5. The van der Waals surface area contributed by atoms with Gasteiger partial charge in [0.15, 0.2) is 17.0 Å².